The number of phenolic OH excluding ortho intramolecular Hbond substituents is 1. The fourth-order valence-corrected chi connectivity index (χ4v) is 1.66. The van der Waals surface area contributed by atoms with Gasteiger partial charge < -0.3 is 5.11 Å². The molecule has 0 saturated carbocycles. The Hall–Kier alpha value is -1.83. The minimum absolute atomic E-state index is 0.0706. The number of phenols is 1. The topological polar surface area (TPSA) is 37.3 Å². The Bertz CT molecular complexity index is 501. The van der Waals surface area contributed by atoms with Gasteiger partial charge in [0, 0.05) is 5.39 Å². The van der Waals surface area contributed by atoms with Gasteiger partial charge in [0.15, 0.2) is 6.29 Å². The van der Waals surface area contributed by atoms with Crippen LogP contribution in [0.15, 0.2) is 30.3 Å². The van der Waals surface area contributed by atoms with Crippen LogP contribution in [0.4, 0.5) is 0 Å². The van der Waals surface area contributed by atoms with Crippen molar-refractivity contribution in [2.75, 3.05) is 0 Å². The van der Waals surface area contributed by atoms with Crippen molar-refractivity contribution in [3.05, 3.63) is 41.5 Å². The quantitative estimate of drug-likeness (QED) is 0.695. The lowest BCUT2D eigenvalue weighted by atomic mass is 10.0. The average Bonchev–Trinajstić information content (AvgIpc) is 2.23. The molecule has 0 radical (unpaired) electrons. The first kappa shape index (κ1) is 8.75. The number of hydrogen-bond acceptors (Lipinski definition) is 2. The van der Waals surface area contributed by atoms with Crippen LogP contribution in [0.3, 0.4) is 0 Å². The molecule has 70 valence electrons. The molecule has 0 spiro atoms. The van der Waals surface area contributed by atoms with Crippen molar-refractivity contribution in [1.29, 1.82) is 0 Å². The number of carbonyl (C=O) groups excluding carboxylic acids is 1. The molecule has 0 aliphatic carbocycles. The number of aldehydes is 1. The summed E-state index contributed by atoms with van der Waals surface area (Å²) >= 11 is 0. The highest BCUT2D eigenvalue weighted by Gasteiger charge is 2.07. The first-order valence-corrected chi connectivity index (χ1v) is 4.40. The van der Waals surface area contributed by atoms with E-state index in [0.717, 1.165) is 16.3 Å². The van der Waals surface area contributed by atoms with Crippen LogP contribution < -0.4 is 0 Å². The van der Waals surface area contributed by atoms with Gasteiger partial charge in [0.05, 0.1) is 5.56 Å². The van der Waals surface area contributed by atoms with E-state index in [0.29, 0.717) is 11.8 Å². The number of hydrogen-bond donors (Lipinski definition) is 1. The molecule has 0 unspecified atom stereocenters. The monoisotopic (exact) mass is 186 g/mol. The molecule has 0 amide bonds. The second-order valence-corrected chi connectivity index (χ2v) is 3.29. The molecule has 2 rings (SSSR count). The maximum absolute atomic E-state index is 10.7. The van der Waals surface area contributed by atoms with E-state index < -0.39 is 0 Å². The average molecular weight is 186 g/mol. The third-order valence-corrected chi connectivity index (χ3v) is 2.38. The highest BCUT2D eigenvalue weighted by Crippen LogP contribution is 2.30. The van der Waals surface area contributed by atoms with Crippen LogP contribution in [0.2, 0.25) is 0 Å². The lowest BCUT2D eigenvalue weighted by molar-refractivity contribution is 0.112. The van der Waals surface area contributed by atoms with Crippen LogP contribution in [0.25, 0.3) is 10.8 Å². The van der Waals surface area contributed by atoms with E-state index in [2.05, 4.69) is 0 Å². The largest absolute Gasteiger partial charge is 0.507 e. The number of fused-ring (bicyclic) bond motifs is 1. The molecule has 0 atom stereocenters. The molecule has 0 saturated heterocycles. The van der Waals surface area contributed by atoms with Crippen molar-refractivity contribution in [3.8, 4) is 5.75 Å². The normalized spacial score (nSPS) is 10.4. The summed E-state index contributed by atoms with van der Waals surface area (Å²) in [6, 6.07) is 9.19. The van der Waals surface area contributed by atoms with Gasteiger partial charge in [0.1, 0.15) is 5.75 Å². The van der Waals surface area contributed by atoms with Gasteiger partial charge in [-0.1, -0.05) is 24.3 Å². The van der Waals surface area contributed by atoms with Gasteiger partial charge in [-0.3, -0.25) is 4.79 Å². The predicted molar refractivity (Wildman–Crippen MR) is 55.7 cm³/mol. The molecule has 0 heterocycles. The van der Waals surface area contributed by atoms with Gasteiger partial charge in [-0.25, -0.2) is 0 Å². The van der Waals surface area contributed by atoms with Crippen molar-refractivity contribution in [3.63, 3.8) is 0 Å². The summed E-state index contributed by atoms with van der Waals surface area (Å²) in [7, 11) is 0. The number of benzene rings is 2. The number of rotatable bonds is 1. The van der Waals surface area contributed by atoms with Gasteiger partial charge in [0.2, 0.25) is 0 Å². The summed E-state index contributed by atoms with van der Waals surface area (Å²) in [6.07, 6.45) is 0.675. The summed E-state index contributed by atoms with van der Waals surface area (Å²) in [5.41, 5.74) is 1.35. The van der Waals surface area contributed by atoms with E-state index >= 15 is 0 Å². The highest BCUT2D eigenvalue weighted by atomic mass is 16.3. The fourth-order valence-electron chi connectivity index (χ4n) is 1.66. The minimum Gasteiger partial charge on any atom is -0.507 e. The van der Waals surface area contributed by atoms with Crippen LogP contribution in [0.1, 0.15) is 15.9 Å². The van der Waals surface area contributed by atoms with Crippen molar-refractivity contribution in [1.82, 2.24) is 0 Å². The highest BCUT2D eigenvalue weighted by molar-refractivity contribution is 5.97. The summed E-state index contributed by atoms with van der Waals surface area (Å²) < 4.78 is 0. The van der Waals surface area contributed by atoms with Gasteiger partial charge in [-0.15, -0.1) is 0 Å². The van der Waals surface area contributed by atoms with Crippen molar-refractivity contribution in [2.45, 2.75) is 6.92 Å². The molecule has 2 heteroatoms. The summed E-state index contributed by atoms with van der Waals surface area (Å²) in [4.78, 5) is 10.7. The van der Waals surface area contributed by atoms with Gasteiger partial charge in [-0.05, 0) is 23.9 Å². The van der Waals surface area contributed by atoms with E-state index in [4.69, 9.17) is 0 Å². The van der Waals surface area contributed by atoms with Crippen molar-refractivity contribution >= 4 is 17.1 Å². The van der Waals surface area contributed by atoms with Crippen LogP contribution >= 0.6 is 0 Å². The molecule has 1 N–H and O–H groups in total. The maximum atomic E-state index is 10.7. The lowest BCUT2D eigenvalue weighted by Gasteiger charge is -2.06. The number of aromatic hydroxyl groups is 1. The molecular weight excluding hydrogens is 176 g/mol. The van der Waals surface area contributed by atoms with Crippen molar-refractivity contribution in [2.24, 2.45) is 0 Å². The molecule has 2 aromatic carbocycles. The van der Waals surface area contributed by atoms with Crippen LogP contribution in [0, 0.1) is 6.92 Å². The van der Waals surface area contributed by atoms with Crippen LogP contribution in [-0.2, 0) is 0 Å². The Morgan fingerprint density at radius 2 is 1.86 bits per heavy atom. The SMILES string of the molecule is Cc1cc(C=O)c(O)c2ccccc12. The van der Waals surface area contributed by atoms with Gasteiger partial charge in [0.25, 0.3) is 0 Å². The lowest BCUT2D eigenvalue weighted by Crippen LogP contribution is -1.86. The minimum atomic E-state index is 0.0706. The fraction of sp³-hybridized carbons (Fsp3) is 0.0833. The maximum Gasteiger partial charge on any atom is 0.153 e. The number of carbonyl (C=O) groups is 1. The number of aryl methyl sites for hydroxylation is 1. The summed E-state index contributed by atoms with van der Waals surface area (Å²) in [6.45, 7) is 1.93. The zero-order valence-corrected chi connectivity index (χ0v) is 7.82. The molecule has 2 nitrogen and oxygen atoms in total. The molecule has 2 aromatic rings. The third kappa shape index (κ3) is 1.16. The van der Waals surface area contributed by atoms with Crippen molar-refractivity contribution < 1.29 is 9.90 Å². The molecule has 0 aliphatic rings. The van der Waals surface area contributed by atoms with E-state index in [1.807, 2.05) is 31.2 Å². The molecule has 14 heavy (non-hydrogen) atoms. The zero-order valence-electron chi connectivity index (χ0n) is 7.82. The second-order valence-electron chi connectivity index (χ2n) is 3.29. The Morgan fingerprint density at radius 1 is 1.21 bits per heavy atom. The summed E-state index contributed by atoms with van der Waals surface area (Å²) in [5.74, 6) is 0.0706. The van der Waals surface area contributed by atoms with Crippen LogP contribution in [0.5, 0.6) is 5.75 Å². The molecule has 0 aliphatic heterocycles. The molecule has 0 fully saturated rings. The Kier molecular flexibility index (Phi) is 1.97. The first-order chi connectivity index (χ1) is 6.74. The van der Waals surface area contributed by atoms with E-state index in [1.54, 1.807) is 6.07 Å². The Balaban J connectivity index is 2.94. The van der Waals surface area contributed by atoms with E-state index in [-0.39, 0.29) is 5.75 Å². The van der Waals surface area contributed by atoms with E-state index in [1.165, 1.54) is 0 Å². The van der Waals surface area contributed by atoms with Crippen LogP contribution in [-0.4, -0.2) is 11.4 Å². The third-order valence-electron chi connectivity index (χ3n) is 2.38. The first-order valence-electron chi connectivity index (χ1n) is 4.40. The molecule has 0 aromatic heterocycles. The van der Waals surface area contributed by atoms with Gasteiger partial charge in [-0.2, -0.15) is 0 Å². The second kappa shape index (κ2) is 3.14. The predicted octanol–water partition coefficient (Wildman–Crippen LogP) is 2.67. The smallest absolute Gasteiger partial charge is 0.153 e. The van der Waals surface area contributed by atoms with Gasteiger partial charge >= 0.3 is 0 Å². The zero-order chi connectivity index (χ0) is 10.1. The van der Waals surface area contributed by atoms with E-state index in [9.17, 15) is 9.90 Å². The Morgan fingerprint density at radius 3 is 2.50 bits per heavy atom. The molecular formula is C12H10O2. The molecule has 0 bridgehead atoms. The summed E-state index contributed by atoms with van der Waals surface area (Å²) in [5, 5.41) is 11.5. The Labute approximate surface area is 81.8 Å². The standard InChI is InChI=1S/C12H10O2/c1-8-6-9(7-13)12(14)11-5-3-2-4-10(8)11/h2-7,14H,1H3.